The smallest absolute Gasteiger partial charge is 0.119 e. The van der Waals surface area contributed by atoms with Gasteiger partial charge in [0.05, 0.1) is 7.11 Å². The van der Waals surface area contributed by atoms with Crippen LogP contribution in [0.5, 0.6) is 5.75 Å². The molecular formula is C15H25BrN2O. The lowest BCUT2D eigenvalue weighted by Crippen LogP contribution is -2.36. The molecule has 0 aliphatic rings. The van der Waals surface area contributed by atoms with E-state index in [1.165, 1.54) is 5.56 Å². The van der Waals surface area contributed by atoms with Gasteiger partial charge in [-0.15, -0.1) is 0 Å². The van der Waals surface area contributed by atoms with E-state index in [0.29, 0.717) is 6.54 Å². The van der Waals surface area contributed by atoms with Crippen LogP contribution in [0.15, 0.2) is 22.7 Å². The third-order valence-electron chi connectivity index (χ3n) is 3.04. The second-order valence-corrected chi connectivity index (χ2v) is 6.97. The van der Waals surface area contributed by atoms with Crippen molar-refractivity contribution in [3.63, 3.8) is 0 Å². The molecular weight excluding hydrogens is 304 g/mol. The molecule has 108 valence electrons. The summed E-state index contributed by atoms with van der Waals surface area (Å²) >= 11 is 3.61. The second-order valence-electron chi connectivity index (χ2n) is 6.11. The van der Waals surface area contributed by atoms with Crippen molar-refractivity contribution in [1.29, 1.82) is 0 Å². The molecule has 0 heterocycles. The van der Waals surface area contributed by atoms with Crippen LogP contribution in [0.2, 0.25) is 0 Å². The van der Waals surface area contributed by atoms with E-state index in [0.717, 1.165) is 16.8 Å². The number of nitrogens with zero attached hydrogens (tertiary/aromatic N) is 1. The topological polar surface area (TPSA) is 38.5 Å². The predicted molar refractivity (Wildman–Crippen MR) is 84.6 cm³/mol. The van der Waals surface area contributed by atoms with Gasteiger partial charge < -0.3 is 10.5 Å². The van der Waals surface area contributed by atoms with Crippen molar-refractivity contribution in [2.45, 2.75) is 26.8 Å². The maximum absolute atomic E-state index is 5.98. The zero-order valence-corrected chi connectivity index (χ0v) is 14.1. The molecule has 0 aliphatic heterocycles. The summed E-state index contributed by atoms with van der Waals surface area (Å²) in [4.78, 5) is 2.31. The van der Waals surface area contributed by atoms with Crippen molar-refractivity contribution >= 4 is 15.9 Å². The first-order chi connectivity index (χ1) is 8.78. The van der Waals surface area contributed by atoms with Crippen LogP contribution < -0.4 is 10.5 Å². The van der Waals surface area contributed by atoms with Crippen molar-refractivity contribution < 1.29 is 4.74 Å². The summed E-state index contributed by atoms with van der Waals surface area (Å²) in [7, 11) is 3.80. The van der Waals surface area contributed by atoms with Gasteiger partial charge in [-0.1, -0.05) is 36.7 Å². The Labute approximate surface area is 125 Å². The largest absolute Gasteiger partial charge is 0.497 e. The van der Waals surface area contributed by atoms with Gasteiger partial charge in [0.25, 0.3) is 0 Å². The third kappa shape index (κ3) is 4.79. The maximum Gasteiger partial charge on any atom is 0.119 e. The Morgan fingerprint density at radius 2 is 2.00 bits per heavy atom. The molecule has 0 saturated heterocycles. The number of hydrogen-bond donors (Lipinski definition) is 1. The number of rotatable bonds is 5. The van der Waals surface area contributed by atoms with Crippen LogP contribution in [0.4, 0.5) is 0 Å². The highest BCUT2D eigenvalue weighted by atomic mass is 79.9. The van der Waals surface area contributed by atoms with Crippen LogP contribution in [-0.2, 0) is 0 Å². The van der Waals surface area contributed by atoms with Gasteiger partial charge in [0.15, 0.2) is 0 Å². The molecule has 0 amide bonds. The summed E-state index contributed by atoms with van der Waals surface area (Å²) in [6.45, 7) is 8.27. The van der Waals surface area contributed by atoms with Gasteiger partial charge in [-0.2, -0.15) is 0 Å². The molecule has 3 nitrogen and oxygen atoms in total. The number of likely N-dealkylation sites (N-methyl/N-ethyl adjacent to an activating group) is 1. The number of hydrogen-bond acceptors (Lipinski definition) is 3. The second kappa shape index (κ2) is 6.73. The minimum atomic E-state index is 0.184. The molecule has 19 heavy (non-hydrogen) atoms. The highest BCUT2D eigenvalue weighted by molar-refractivity contribution is 9.10. The van der Waals surface area contributed by atoms with Crippen LogP contribution in [0.1, 0.15) is 32.4 Å². The first-order valence-electron chi connectivity index (χ1n) is 6.52. The first-order valence-corrected chi connectivity index (χ1v) is 7.31. The highest BCUT2D eigenvalue weighted by Gasteiger charge is 2.22. The van der Waals surface area contributed by atoms with Gasteiger partial charge in [-0.25, -0.2) is 0 Å². The fourth-order valence-electron chi connectivity index (χ4n) is 2.31. The lowest BCUT2D eigenvalue weighted by molar-refractivity contribution is 0.175. The molecule has 1 atom stereocenters. The summed E-state index contributed by atoms with van der Waals surface area (Å²) in [5.41, 5.74) is 7.40. The van der Waals surface area contributed by atoms with Crippen LogP contribution in [-0.4, -0.2) is 32.1 Å². The fourth-order valence-corrected chi connectivity index (χ4v) is 2.82. The Morgan fingerprint density at radius 1 is 1.37 bits per heavy atom. The number of methoxy groups -OCH3 is 1. The molecule has 1 aromatic rings. The summed E-state index contributed by atoms with van der Waals surface area (Å²) in [6.07, 6.45) is 0. The fraction of sp³-hybridized carbons (Fsp3) is 0.600. The van der Waals surface area contributed by atoms with Crippen LogP contribution in [0.25, 0.3) is 0 Å². The van der Waals surface area contributed by atoms with Gasteiger partial charge in [-0.05, 0) is 36.2 Å². The third-order valence-corrected chi connectivity index (χ3v) is 3.76. The predicted octanol–water partition coefficient (Wildman–Crippen LogP) is 3.44. The Morgan fingerprint density at radius 3 is 2.47 bits per heavy atom. The van der Waals surface area contributed by atoms with Crippen LogP contribution >= 0.6 is 15.9 Å². The van der Waals surface area contributed by atoms with Crippen molar-refractivity contribution in [1.82, 2.24) is 4.90 Å². The molecule has 4 heteroatoms. The Kier molecular flexibility index (Phi) is 5.83. The van der Waals surface area contributed by atoms with Crippen molar-refractivity contribution in [2.24, 2.45) is 11.1 Å². The molecule has 0 spiro atoms. The molecule has 1 unspecified atom stereocenters. The van der Waals surface area contributed by atoms with E-state index < -0.39 is 0 Å². The van der Waals surface area contributed by atoms with Gasteiger partial charge in [0.1, 0.15) is 5.75 Å². The number of nitrogens with two attached hydrogens (primary N) is 1. The van der Waals surface area contributed by atoms with E-state index in [1.807, 2.05) is 12.1 Å². The van der Waals surface area contributed by atoms with Gasteiger partial charge >= 0.3 is 0 Å². The quantitative estimate of drug-likeness (QED) is 0.899. The van der Waals surface area contributed by atoms with Crippen LogP contribution in [0.3, 0.4) is 0 Å². The molecule has 0 bridgehead atoms. The van der Waals surface area contributed by atoms with Crippen LogP contribution in [0, 0.1) is 5.41 Å². The molecule has 1 rings (SSSR count). The molecule has 0 saturated carbocycles. The van der Waals surface area contributed by atoms with Crippen molar-refractivity contribution in [2.75, 3.05) is 27.2 Å². The average Bonchev–Trinajstić information content (AvgIpc) is 2.30. The lowest BCUT2D eigenvalue weighted by Gasteiger charge is -2.33. The number of ether oxygens (including phenoxy) is 1. The molecule has 1 aromatic carbocycles. The Bertz CT molecular complexity index is 415. The molecule has 0 aliphatic carbocycles. The monoisotopic (exact) mass is 328 g/mol. The minimum Gasteiger partial charge on any atom is -0.497 e. The van der Waals surface area contributed by atoms with Crippen molar-refractivity contribution in [3.05, 3.63) is 28.2 Å². The van der Waals surface area contributed by atoms with E-state index in [9.17, 15) is 0 Å². The lowest BCUT2D eigenvalue weighted by atomic mass is 9.94. The standard InChI is InChI=1S/C15H25BrN2O/c1-15(2,3)10-18(4)14(9-17)12-8-11(19-5)6-7-13(12)16/h6-8,14H,9-10,17H2,1-5H3. The maximum atomic E-state index is 5.98. The van der Waals surface area contributed by atoms with Gasteiger partial charge in [0, 0.05) is 23.6 Å². The minimum absolute atomic E-state index is 0.184. The SMILES string of the molecule is COc1ccc(Br)c(C(CN)N(C)CC(C)(C)C)c1. The van der Waals surface area contributed by atoms with E-state index in [1.54, 1.807) is 7.11 Å². The number of benzene rings is 1. The first kappa shape index (κ1) is 16.5. The van der Waals surface area contributed by atoms with E-state index in [2.05, 4.69) is 54.7 Å². The van der Waals surface area contributed by atoms with E-state index >= 15 is 0 Å². The molecule has 0 aromatic heterocycles. The highest BCUT2D eigenvalue weighted by Crippen LogP contribution is 2.31. The van der Waals surface area contributed by atoms with E-state index in [-0.39, 0.29) is 11.5 Å². The molecule has 0 radical (unpaired) electrons. The summed E-state index contributed by atoms with van der Waals surface area (Å²) in [6, 6.07) is 6.21. The molecule has 2 N–H and O–H groups in total. The number of halogens is 1. The zero-order chi connectivity index (χ0) is 14.6. The van der Waals surface area contributed by atoms with Crippen molar-refractivity contribution in [3.8, 4) is 5.75 Å². The van der Waals surface area contributed by atoms with E-state index in [4.69, 9.17) is 10.5 Å². The summed E-state index contributed by atoms with van der Waals surface area (Å²) < 4.78 is 6.38. The average molecular weight is 329 g/mol. The zero-order valence-electron chi connectivity index (χ0n) is 12.5. The van der Waals surface area contributed by atoms with Gasteiger partial charge in [-0.3, -0.25) is 4.90 Å². The van der Waals surface area contributed by atoms with Gasteiger partial charge in [0.2, 0.25) is 0 Å². The molecule has 0 fully saturated rings. The Hall–Kier alpha value is -0.580. The summed E-state index contributed by atoms with van der Waals surface area (Å²) in [5.74, 6) is 0.862. The normalized spacial score (nSPS) is 13.7. The Balaban J connectivity index is 3.02. The summed E-state index contributed by atoms with van der Waals surface area (Å²) in [5, 5.41) is 0.